The van der Waals surface area contributed by atoms with Crippen LogP contribution in [0.3, 0.4) is 0 Å². The summed E-state index contributed by atoms with van der Waals surface area (Å²) in [7, 11) is -3.61. The van der Waals surface area contributed by atoms with E-state index < -0.39 is 10.0 Å². The average molecular weight is 329 g/mol. The van der Waals surface area contributed by atoms with Gasteiger partial charge in [-0.15, -0.1) is 0 Å². The molecule has 1 N–H and O–H groups in total. The van der Waals surface area contributed by atoms with Crippen LogP contribution in [0, 0.1) is 12.8 Å². The monoisotopic (exact) mass is 329 g/mol. The molecule has 2 aromatic carbocycles. The molecule has 1 saturated carbocycles. The number of rotatable bonds is 5. The maximum absolute atomic E-state index is 12.3. The highest BCUT2D eigenvalue weighted by molar-refractivity contribution is 7.92. The van der Waals surface area contributed by atoms with Gasteiger partial charge >= 0.3 is 0 Å². The molecule has 0 aliphatic heterocycles. The first-order chi connectivity index (χ1) is 11.0. The van der Waals surface area contributed by atoms with E-state index in [4.69, 9.17) is 0 Å². The molecule has 0 amide bonds. The Kier molecular flexibility index (Phi) is 4.22. The Morgan fingerprint density at radius 2 is 1.61 bits per heavy atom. The zero-order valence-electron chi connectivity index (χ0n) is 13.0. The SMILES string of the molecule is Cc1ccc(S(=O)(=O)Nc2ccc(C(=O)C3CCC3)cc2)cc1. The summed E-state index contributed by atoms with van der Waals surface area (Å²) in [6.07, 6.45) is 3.03. The quantitative estimate of drug-likeness (QED) is 0.849. The summed E-state index contributed by atoms with van der Waals surface area (Å²) >= 11 is 0. The zero-order valence-corrected chi connectivity index (χ0v) is 13.8. The Bertz CT molecular complexity index is 804. The lowest BCUT2D eigenvalue weighted by Crippen LogP contribution is -2.21. The summed E-state index contributed by atoms with van der Waals surface area (Å²) in [4.78, 5) is 12.4. The number of aryl methyl sites for hydroxylation is 1. The van der Waals surface area contributed by atoms with Crippen molar-refractivity contribution in [3.8, 4) is 0 Å². The standard InChI is InChI=1S/C18H19NO3S/c1-13-5-11-17(12-6-13)23(21,22)19-16-9-7-15(8-10-16)18(20)14-3-2-4-14/h5-12,14,19H,2-4H2,1H3. The van der Waals surface area contributed by atoms with Crippen LogP contribution in [0.1, 0.15) is 35.2 Å². The zero-order chi connectivity index (χ0) is 16.4. The lowest BCUT2D eigenvalue weighted by Gasteiger charge is -2.23. The molecule has 120 valence electrons. The molecule has 4 nitrogen and oxygen atoms in total. The molecular weight excluding hydrogens is 310 g/mol. The lowest BCUT2D eigenvalue weighted by molar-refractivity contribution is 0.0855. The molecular formula is C18H19NO3S. The van der Waals surface area contributed by atoms with E-state index >= 15 is 0 Å². The number of nitrogens with one attached hydrogen (secondary N) is 1. The summed E-state index contributed by atoms with van der Waals surface area (Å²) in [5, 5.41) is 0. The fraction of sp³-hybridized carbons (Fsp3) is 0.278. The molecule has 0 aromatic heterocycles. The number of anilines is 1. The van der Waals surface area contributed by atoms with Crippen molar-refractivity contribution in [1.29, 1.82) is 0 Å². The maximum atomic E-state index is 12.3. The summed E-state index contributed by atoms with van der Waals surface area (Å²) in [6.45, 7) is 1.90. The molecule has 0 unspecified atom stereocenters. The molecule has 0 bridgehead atoms. The van der Waals surface area contributed by atoms with Crippen molar-refractivity contribution in [2.75, 3.05) is 4.72 Å². The summed E-state index contributed by atoms with van der Waals surface area (Å²) in [5.74, 6) is 0.300. The number of ketones is 1. The molecule has 1 fully saturated rings. The number of carbonyl (C=O) groups excluding carboxylic acids is 1. The van der Waals surface area contributed by atoms with Crippen molar-refractivity contribution >= 4 is 21.5 Å². The van der Waals surface area contributed by atoms with Gasteiger partial charge in [-0.1, -0.05) is 24.1 Å². The molecule has 0 atom stereocenters. The Balaban J connectivity index is 1.74. The highest BCUT2D eigenvalue weighted by atomic mass is 32.2. The third-order valence-corrected chi connectivity index (χ3v) is 5.63. The third kappa shape index (κ3) is 3.45. The van der Waals surface area contributed by atoms with Crippen LogP contribution in [0.15, 0.2) is 53.4 Å². The van der Waals surface area contributed by atoms with Crippen molar-refractivity contribution in [3.05, 3.63) is 59.7 Å². The van der Waals surface area contributed by atoms with Crippen molar-refractivity contribution < 1.29 is 13.2 Å². The van der Waals surface area contributed by atoms with Gasteiger partial charge in [-0.25, -0.2) is 8.42 Å². The van der Waals surface area contributed by atoms with Gasteiger partial charge in [0.05, 0.1) is 4.90 Å². The van der Waals surface area contributed by atoms with Gasteiger partial charge in [0.2, 0.25) is 0 Å². The highest BCUT2D eigenvalue weighted by Crippen LogP contribution is 2.30. The first-order valence-electron chi connectivity index (χ1n) is 7.69. The molecule has 0 heterocycles. The number of sulfonamides is 1. The lowest BCUT2D eigenvalue weighted by atomic mass is 9.80. The van der Waals surface area contributed by atoms with Crippen LogP contribution in [-0.2, 0) is 10.0 Å². The number of Topliss-reactive ketones (excluding diaryl/α,β-unsaturated/α-hetero) is 1. The van der Waals surface area contributed by atoms with Crippen molar-refractivity contribution in [2.24, 2.45) is 5.92 Å². The van der Waals surface area contributed by atoms with E-state index in [-0.39, 0.29) is 16.6 Å². The van der Waals surface area contributed by atoms with E-state index in [9.17, 15) is 13.2 Å². The van der Waals surface area contributed by atoms with Crippen LogP contribution in [0.5, 0.6) is 0 Å². The Morgan fingerprint density at radius 1 is 1.00 bits per heavy atom. The summed E-state index contributed by atoms with van der Waals surface area (Å²) in [6, 6.07) is 13.3. The maximum Gasteiger partial charge on any atom is 0.261 e. The molecule has 2 aromatic rings. The second-order valence-electron chi connectivity index (χ2n) is 5.99. The van der Waals surface area contributed by atoms with E-state index in [1.54, 1.807) is 48.5 Å². The summed E-state index contributed by atoms with van der Waals surface area (Å²) in [5.41, 5.74) is 2.10. The van der Waals surface area contributed by atoms with Gasteiger partial charge in [0.15, 0.2) is 5.78 Å². The molecule has 5 heteroatoms. The second-order valence-corrected chi connectivity index (χ2v) is 7.67. The van der Waals surface area contributed by atoms with Gasteiger partial charge in [0.25, 0.3) is 10.0 Å². The smallest absolute Gasteiger partial charge is 0.261 e. The van der Waals surface area contributed by atoms with Gasteiger partial charge in [-0.2, -0.15) is 0 Å². The fourth-order valence-corrected chi connectivity index (χ4v) is 3.60. The van der Waals surface area contributed by atoms with E-state index in [1.165, 1.54) is 0 Å². The fourth-order valence-electron chi connectivity index (χ4n) is 2.54. The Labute approximate surface area is 136 Å². The molecule has 1 aliphatic rings. The first kappa shape index (κ1) is 15.7. The molecule has 0 radical (unpaired) electrons. The van der Waals surface area contributed by atoms with Crippen LogP contribution in [-0.4, -0.2) is 14.2 Å². The molecule has 0 spiro atoms. The molecule has 3 rings (SSSR count). The van der Waals surface area contributed by atoms with Gasteiger partial charge in [0, 0.05) is 17.2 Å². The number of carbonyl (C=O) groups is 1. The Morgan fingerprint density at radius 3 is 2.13 bits per heavy atom. The predicted octanol–water partition coefficient (Wildman–Crippen LogP) is 3.78. The van der Waals surface area contributed by atoms with E-state index in [2.05, 4.69) is 4.72 Å². The van der Waals surface area contributed by atoms with Crippen molar-refractivity contribution in [3.63, 3.8) is 0 Å². The molecule has 0 saturated heterocycles. The summed E-state index contributed by atoms with van der Waals surface area (Å²) < 4.78 is 27.2. The Hall–Kier alpha value is -2.14. The number of benzene rings is 2. The largest absolute Gasteiger partial charge is 0.294 e. The van der Waals surface area contributed by atoms with Crippen LogP contribution >= 0.6 is 0 Å². The second kappa shape index (κ2) is 6.16. The van der Waals surface area contributed by atoms with Gasteiger partial charge in [-0.05, 0) is 56.2 Å². The van der Waals surface area contributed by atoms with Gasteiger partial charge < -0.3 is 0 Å². The predicted molar refractivity (Wildman–Crippen MR) is 90.1 cm³/mol. The van der Waals surface area contributed by atoms with Crippen LogP contribution in [0.2, 0.25) is 0 Å². The third-order valence-electron chi connectivity index (χ3n) is 4.23. The highest BCUT2D eigenvalue weighted by Gasteiger charge is 2.26. The van der Waals surface area contributed by atoms with Crippen molar-refractivity contribution in [1.82, 2.24) is 0 Å². The van der Waals surface area contributed by atoms with E-state index in [0.717, 1.165) is 24.8 Å². The van der Waals surface area contributed by atoms with Crippen LogP contribution in [0.4, 0.5) is 5.69 Å². The first-order valence-corrected chi connectivity index (χ1v) is 9.18. The van der Waals surface area contributed by atoms with Crippen LogP contribution in [0.25, 0.3) is 0 Å². The van der Waals surface area contributed by atoms with Crippen LogP contribution < -0.4 is 4.72 Å². The molecule has 1 aliphatic carbocycles. The van der Waals surface area contributed by atoms with E-state index in [0.29, 0.717) is 11.3 Å². The minimum Gasteiger partial charge on any atom is -0.294 e. The molecule has 23 heavy (non-hydrogen) atoms. The van der Waals surface area contributed by atoms with Gasteiger partial charge in [-0.3, -0.25) is 9.52 Å². The number of hydrogen-bond acceptors (Lipinski definition) is 3. The number of hydrogen-bond donors (Lipinski definition) is 1. The normalized spacial score (nSPS) is 15.0. The topological polar surface area (TPSA) is 63.2 Å². The minimum atomic E-state index is -3.61. The van der Waals surface area contributed by atoms with E-state index in [1.807, 2.05) is 6.92 Å². The minimum absolute atomic E-state index is 0.144. The van der Waals surface area contributed by atoms with Gasteiger partial charge in [0.1, 0.15) is 0 Å². The average Bonchev–Trinajstić information content (AvgIpc) is 2.46. The van der Waals surface area contributed by atoms with Crippen molar-refractivity contribution in [2.45, 2.75) is 31.1 Å².